The Kier molecular flexibility index (Phi) is 5.48. The SMILES string of the molecule is CCC(O[Si](C)(C)C(C)(C)C)(C(=O)O)C(=O)C(C)C1CC(=O)N1. The molecular weight excluding hydrogens is 314 g/mol. The Morgan fingerprint density at radius 2 is 1.87 bits per heavy atom. The van der Waals surface area contributed by atoms with Crippen LogP contribution in [0.15, 0.2) is 0 Å². The van der Waals surface area contributed by atoms with E-state index in [0.29, 0.717) is 0 Å². The first-order valence-corrected chi connectivity index (χ1v) is 11.0. The van der Waals surface area contributed by atoms with Crippen LogP contribution in [-0.4, -0.2) is 42.7 Å². The van der Waals surface area contributed by atoms with Gasteiger partial charge in [0.05, 0.1) is 0 Å². The molecule has 2 N–H and O–H groups in total. The molecule has 132 valence electrons. The van der Waals surface area contributed by atoms with Crippen molar-refractivity contribution in [3.05, 3.63) is 0 Å². The van der Waals surface area contributed by atoms with E-state index in [1.807, 2.05) is 33.9 Å². The van der Waals surface area contributed by atoms with Gasteiger partial charge >= 0.3 is 5.97 Å². The normalized spacial score (nSPS) is 22.6. The fourth-order valence-corrected chi connectivity index (χ4v) is 3.93. The summed E-state index contributed by atoms with van der Waals surface area (Å²) in [5, 5.41) is 12.2. The number of carbonyl (C=O) groups excluding carboxylic acids is 2. The topological polar surface area (TPSA) is 92.7 Å². The van der Waals surface area contributed by atoms with Gasteiger partial charge in [0.15, 0.2) is 14.1 Å². The second-order valence-electron chi connectivity index (χ2n) is 7.88. The molecule has 23 heavy (non-hydrogen) atoms. The highest BCUT2D eigenvalue weighted by atomic mass is 28.4. The lowest BCUT2D eigenvalue weighted by Gasteiger charge is -2.44. The van der Waals surface area contributed by atoms with Gasteiger partial charge in [0.2, 0.25) is 11.5 Å². The van der Waals surface area contributed by atoms with Gasteiger partial charge in [0, 0.05) is 18.4 Å². The summed E-state index contributed by atoms with van der Waals surface area (Å²) in [6.45, 7) is 13.2. The highest BCUT2D eigenvalue weighted by Gasteiger charge is 2.55. The lowest BCUT2D eigenvalue weighted by Crippen LogP contribution is -2.62. The van der Waals surface area contributed by atoms with Crippen LogP contribution in [0.25, 0.3) is 0 Å². The molecule has 0 spiro atoms. The van der Waals surface area contributed by atoms with Crippen molar-refractivity contribution >= 4 is 26.0 Å². The summed E-state index contributed by atoms with van der Waals surface area (Å²) in [6.07, 6.45) is 0.324. The van der Waals surface area contributed by atoms with Gasteiger partial charge in [-0.25, -0.2) is 4.79 Å². The predicted molar refractivity (Wildman–Crippen MR) is 89.7 cm³/mol. The fourth-order valence-electron chi connectivity index (χ4n) is 2.42. The van der Waals surface area contributed by atoms with E-state index in [9.17, 15) is 19.5 Å². The minimum atomic E-state index is -2.46. The van der Waals surface area contributed by atoms with E-state index in [-0.39, 0.29) is 29.8 Å². The molecule has 0 aromatic rings. The second-order valence-corrected chi connectivity index (χ2v) is 12.6. The molecular formula is C16H29NO5Si. The minimum absolute atomic E-state index is 0.0681. The minimum Gasteiger partial charge on any atom is -0.479 e. The van der Waals surface area contributed by atoms with E-state index in [2.05, 4.69) is 5.32 Å². The third-order valence-electron chi connectivity index (χ3n) is 5.25. The van der Waals surface area contributed by atoms with Gasteiger partial charge in [0.25, 0.3) is 0 Å². The van der Waals surface area contributed by atoms with Gasteiger partial charge < -0.3 is 14.8 Å². The summed E-state index contributed by atoms with van der Waals surface area (Å²) in [5.74, 6) is -2.40. The summed E-state index contributed by atoms with van der Waals surface area (Å²) in [6, 6.07) is -0.303. The molecule has 1 aliphatic rings. The maximum atomic E-state index is 12.9. The van der Waals surface area contributed by atoms with E-state index in [1.54, 1.807) is 13.8 Å². The van der Waals surface area contributed by atoms with Crippen molar-refractivity contribution in [2.45, 2.75) is 77.2 Å². The molecule has 1 aliphatic heterocycles. The van der Waals surface area contributed by atoms with Crippen LogP contribution in [0, 0.1) is 5.92 Å². The molecule has 3 atom stereocenters. The highest BCUT2D eigenvalue weighted by molar-refractivity contribution is 6.74. The second kappa shape index (κ2) is 6.35. The smallest absolute Gasteiger partial charge is 0.342 e. The summed E-state index contributed by atoms with van der Waals surface area (Å²) in [7, 11) is -2.46. The molecule has 1 amide bonds. The van der Waals surface area contributed by atoms with E-state index < -0.39 is 31.6 Å². The van der Waals surface area contributed by atoms with E-state index in [4.69, 9.17) is 4.43 Å². The number of β-lactam (4-membered cyclic amide) rings is 1. The van der Waals surface area contributed by atoms with Crippen molar-refractivity contribution in [3.63, 3.8) is 0 Å². The molecule has 1 saturated heterocycles. The average Bonchev–Trinajstić information content (AvgIpc) is 2.38. The Bertz CT molecular complexity index is 503. The van der Waals surface area contributed by atoms with Crippen molar-refractivity contribution in [2.24, 2.45) is 5.92 Å². The molecule has 0 radical (unpaired) electrons. The number of amides is 1. The van der Waals surface area contributed by atoms with Crippen molar-refractivity contribution in [2.75, 3.05) is 0 Å². The molecule has 0 aromatic heterocycles. The third kappa shape index (κ3) is 3.66. The quantitative estimate of drug-likeness (QED) is 0.420. The molecule has 7 heteroatoms. The van der Waals surface area contributed by atoms with Crippen LogP contribution in [0.4, 0.5) is 0 Å². The van der Waals surface area contributed by atoms with E-state index >= 15 is 0 Å². The molecule has 3 unspecified atom stereocenters. The number of carboxylic acid groups (broad SMARTS) is 1. The lowest BCUT2D eigenvalue weighted by atomic mass is 9.80. The third-order valence-corrected chi connectivity index (χ3v) is 9.72. The molecule has 0 aromatic carbocycles. The molecule has 6 nitrogen and oxygen atoms in total. The number of rotatable bonds is 7. The summed E-state index contributed by atoms with van der Waals surface area (Å²) in [4.78, 5) is 36.0. The number of nitrogens with one attached hydrogen (secondary N) is 1. The standard InChI is InChI=1S/C16H29NO5Si/c1-8-16(14(20)21,22-23(6,7)15(3,4)5)13(19)10(2)11-9-12(18)17-11/h10-11H,8-9H2,1-7H3,(H,17,18)(H,20,21). The van der Waals surface area contributed by atoms with Gasteiger partial charge in [-0.1, -0.05) is 34.6 Å². The average molecular weight is 343 g/mol. The molecule has 0 aliphatic carbocycles. The number of aliphatic carboxylic acids is 1. The number of carbonyl (C=O) groups is 3. The van der Waals surface area contributed by atoms with Gasteiger partial charge in [-0.15, -0.1) is 0 Å². The zero-order chi connectivity index (χ0) is 18.2. The number of ketones is 1. The van der Waals surface area contributed by atoms with Crippen LogP contribution in [0.1, 0.15) is 47.5 Å². The number of hydrogen-bond donors (Lipinski definition) is 2. The monoisotopic (exact) mass is 343 g/mol. The number of carboxylic acids is 1. The van der Waals surface area contributed by atoms with Gasteiger partial charge in [-0.05, 0) is 24.6 Å². The summed E-state index contributed by atoms with van der Waals surface area (Å²) < 4.78 is 6.11. The fraction of sp³-hybridized carbons (Fsp3) is 0.812. The van der Waals surface area contributed by atoms with Crippen LogP contribution < -0.4 is 5.32 Å². The molecule has 0 bridgehead atoms. The van der Waals surface area contributed by atoms with E-state index in [0.717, 1.165) is 0 Å². The Labute approximate surface area is 139 Å². The van der Waals surface area contributed by atoms with Crippen molar-refractivity contribution in [1.29, 1.82) is 0 Å². The maximum absolute atomic E-state index is 12.9. The highest BCUT2D eigenvalue weighted by Crippen LogP contribution is 2.41. The first kappa shape index (κ1) is 19.8. The first-order chi connectivity index (χ1) is 10.3. The molecule has 1 fully saturated rings. The van der Waals surface area contributed by atoms with Gasteiger partial charge in [0.1, 0.15) is 0 Å². The Morgan fingerprint density at radius 1 is 1.39 bits per heavy atom. The zero-order valence-electron chi connectivity index (χ0n) is 15.1. The van der Waals surface area contributed by atoms with Crippen molar-refractivity contribution in [1.82, 2.24) is 5.32 Å². The molecule has 1 rings (SSSR count). The molecule has 0 saturated carbocycles. The van der Waals surface area contributed by atoms with Gasteiger partial charge in [-0.2, -0.15) is 0 Å². The largest absolute Gasteiger partial charge is 0.479 e. The predicted octanol–water partition coefficient (Wildman–Crippen LogP) is 2.34. The number of Topliss-reactive ketones (excluding diaryl/α,β-unsaturated/α-hetero) is 1. The van der Waals surface area contributed by atoms with Crippen LogP contribution in [-0.2, 0) is 18.8 Å². The molecule has 1 heterocycles. The van der Waals surface area contributed by atoms with Crippen molar-refractivity contribution < 1.29 is 23.9 Å². The van der Waals surface area contributed by atoms with Crippen molar-refractivity contribution in [3.8, 4) is 0 Å². The summed E-state index contributed by atoms with van der Waals surface area (Å²) >= 11 is 0. The van der Waals surface area contributed by atoms with Crippen LogP contribution in [0.5, 0.6) is 0 Å². The summed E-state index contributed by atoms with van der Waals surface area (Å²) in [5.41, 5.74) is -1.84. The van der Waals surface area contributed by atoms with Gasteiger partial charge in [-0.3, -0.25) is 9.59 Å². The Balaban J connectivity index is 3.14. The maximum Gasteiger partial charge on any atom is 0.342 e. The lowest BCUT2D eigenvalue weighted by molar-refractivity contribution is -0.166. The Hall–Kier alpha value is -1.21. The zero-order valence-corrected chi connectivity index (χ0v) is 16.1. The Morgan fingerprint density at radius 3 is 2.17 bits per heavy atom. The number of hydrogen-bond acceptors (Lipinski definition) is 4. The van der Waals surface area contributed by atoms with Crippen LogP contribution in [0.2, 0.25) is 18.1 Å². The van der Waals surface area contributed by atoms with Crippen LogP contribution >= 0.6 is 0 Å². The van der Waals surface area contributed by atoms with E-state index in [1.165, 1.54) is 0 Å². The van der Waals surface area contributed by atoms with Crippen LogP contribution in [0.3, 0.4) is 0 Å². The first-order valence-electron chi connectivity index (χ1n) is 8.05.